The molecular weight excluding hydrogens is 320 g/mol. The summed E-state index contributed by atoms with van der Waals surface area (Å²) in [6.07, 6.45) is 1.93. The molecule has 0 amide bonds. The van der Waals surface area contributed by atoms with Gasteiger partial charge in [-0.25, -0.2) is 4.68 Å². The predicted molar refractivity (Wildman–Crippen MR) is 106 cm³/mol. The third kappa shape index (κ3) is 3.09. The van der Waals surface area contributed by atoms with Gasteiger partial charge in [0.15, 0.2) is 0 Å². The van der Waals surface area contributed by atoms with Crippen LogP contribution in [0.5, 0.6) is 0 Å². The average Bonchev–Trinajstić information content (AvgIpc) is 3.13. The zero-order valence-corrected chi connectivity index (χ0v) is 14.4. The van der Waals surface area contributed by atoms with E-state index in [0.29, 0.717) is 0 Å². The van der Waals surface area contributed by atoms with Gasteiger partial charge in [-0.05, 0) is 29.8 Å². The minimum atomic E-state index is -0.0926. The van der Waals surface area contributed by atoms with E-state index < -0.39 is 0 Å². The highest BCUT2D eigenvalue weighted by molar-refractivity contribution is 5.74. The smallest absolute Gasteiger partial charge is 0.113 e. The Bertz CT molecular complexity index is 992. The van der Waals surface area contributed by atoms with Crippen molar-refractivity contribution in [2.45, 2.75) is 12.1 Å². The average molecular weight is 340 g/mol. The maximum Gasteiger partial charge on any atom is 0.113 e. The van der Waals surface area contributed by atoms with Crippen molar-refractivity contribution >= 4 is 16.7 Å². The van der Waals surface area contributed by atoms with E-state index in [1.807, 2.05) is 59.3 Å². The van der Waals surface area contributed by atoms with Gasteiger partial charge < -0.3 is 5.32 Å². The van der Waals surface area contributed by atoms with E-state index in [4.69, 9.17) is 0 Å². The Hall–Kier alpha value is -3.40. The van der Waals surface area contributed by atoms with Gasteiger partial charge in [-0.15, -0.1) is 11.7 Å². The molecule has 0 bridgehead atoms. The van der Waals surface area contributed by atoms with E-state index >= 15 is 0 Å². The van der Waals surface area contributed by atoms with Crippen molar-refractivity contribution in [3.63, 3.8) is 0 Å². The fraction of sp³-hybridized carbons (Fsp3) is 0.0909. The van der Waals surface area contributed by atoms with Gasteiger partial charge >= 0.3 is 0 Å². The molecule has 4 rings (SSSR count). The quantitative estimate of drug-likeness (QED) is 0.502. The molecule has 4 nitrogen and oxygen atoms in total. The molecule has 1 N–H and O–H groups in total. The zero-order valence-electron chi connectivity index (χ0n) is 14.4. The van der Waals surface area contributed by atoms with Gasteiger partial charge in [-0.1, -0.05) is 72.0 Å². The zero-order chi connectivity index (χ0) is 17.8. The Morgan fingerprint density at radius 3 is 2.23 bits per heavy atom. The van der Waals surface area contributed by atoms with Crippen LogP contribution < -0.4 is 5.32 Å². The van der Waals surface area contributed by atoms with Crippen molar-refractivity contribution < 1.29 is 0 Å². The molecule has 4 heteroatoms. The molecule has 2 atom stereocenters. The summed E-state index contributed by atoms with van der Waals surface area (Å²) in [4.78, 5) is 0. The summed E-state index contributed by atoms with van der Waals surface area (Å²) < 4.78 is 1.94. The lowest BCUT2D eigenvalue weighted by atomic mass is 9.98. The molecule has 0 fully saturated rings. The SMILES string of the molecule is C=CC(C(Nc1ccccc1)c1ccccc1)n1nnc2ccccc21. The van der Waals surface area contributed by atoms with Crippen LogP contribution in [-0.4, -0.2) is 15.0 Å². The molecule has 26 heavy (non-hydrogen) atoms. The van der Waals surface area contributed by atoms with E-state index in [-0.39, 0.29) is 12.1 Å². The standard InChI is InChI=1S/C22H20N4/c1-2-20(26-21-16-10-9-15-19(21)24-25-26)22(17-11-5-3-6-12-17)23-18-13-7-4-8-14-18/h2-16,20,22-23H,1H2. The molecule has 3 aromatic carbocycles. The second-order valence-electron chi connectivity index (χ2n) is 6.15. The highest BCUT2D eigenvalue weighted by Gasteiger charge is 2.24. The fourth-order valence-electron chi connectivity index (χ4n) is 3.22. The van der Waals surface area contributed by atoms with Crippen molar-refractivity contribution in [3.8, 4) is 0 Å². The van der Waals surface area contributed by atoms with Crippen LogP contribution >= 0.6 is 0 Å². The van der Waals surface area contributed by atoms with Crippen LogP contribution in [0.3, 0.4) is 0 Å². The first-order chi connectivity index (χ1) is 12.9. The van der Waals surface area contributed by atoms with E-state index in [1.165, 1.54) is 5.56 Å². The van der Waals surface area contributed by atoms with Crippen molar-refractivity contribution in [3.05, 3.63) is 103 Å². The number of nitrogens with zero attached hydrogens (tertiary/aromatic N) is 3. The molecule has 4 aromatic rings. The van der Waals surface area contributed by atoms with Crippen LogP contribution in [0.1, 0.15) is 17.6 Å². The highest BCUT2D eigenvalue weighted by atomic mass is 15.4. The molecule has 0 spiro atoms. The Morgan fingerprint density at radius 2 is 1.50 bits per heavy atom. The summed E-state index contributed by atoms with van der Waals surface area (Å²) in [5, 5.41) is 12.4. The first kappa shape index (κ1) is 16.1. The Morgan fingerprint density at radius 1 is 0.846 bits per heavy atom. The number of para-hydroxylation sites is 2. The minimum Gasteiger partial charge on any atom is -0.376 e. The van der Waals surface area contributed by atoms with Crippen LogP contribution in [0.15, 0.2) is 97.6 Å². The summed E-state index contributed by atoms with van der Waals surface area (Å²) in [5.74, 6) is 0. The first-order valence-electron chi connectivity index (χ1n) is 8.66. The van der Waals surface area contributed by atoms with E-state index in [1.54, 1.807) is 0 Å². The lowest BCUT2D eigenvalue weighted by Gasteiger charge is -2.27. The summed E-state index contributed by atoms with van der Waals surface area (Å²) in [6.45, 7) is 4.08. The largest absolute Gasteiger partial charge is 0.376 e. The highest BCUT2D eigenvalue weighted by Crippen LogP contribution is 2.32. The van der Waals surface area contributed by atoms with Gasteiger partial charge in [-0.3, -0.25) is 0 Å². The molecule has 0 aliphatic rings. The lowest BCUT2D eigenvalue weighted by molar-refractivity contribution is 0.478. The van der Waals surface area contributed by atoms with E-state index in [2.05, 4.69) is 58.6 Å². The summed E-state index contributed by atoms with van der Waals surface area (Å²) in [6, 6.07) is 28.4. The fourth-order valence-corrected chi connectivity index (χ4v) is 3.22. The molecule has 0 radical (unpaired) electrons. The van der Waals surface area contributed by atoms with Gasteiger partial charge in [0.05, 0.1) is 17.6 Å². The summed E-state index contributed by atoms with van der Waals surface area (Å²) >= 11 is 0. The van der Waals surface area contributed by atoms with Gasteiger partial charge in [0.25, 0.3) is 0 Å². The maximum atomic E-state index is 4.41. The monoisotopic (exact) mass is 340 g/mol. The Balaban J connectivity index is 1.79. The molecule has 1 heterocycles. The van der Waals surface area contributed by atoms with Crippen LogP contribution in [-0.2, 0) is 0 Å². The Kier molecular flexibility index (Phi) is 4.48. The van der Waals surface area contributed by atoms with Gasteiger partial charge in [0.1, 0.15) is 5.52 Å². The molecular formula is C22H20N4. The molecule has 2 unspecified atom stereocenters. The molecule has 0 aliphatic carbocycles. The third-order valence-electron chi connectivity index (χ3n) is 4.50. The number of aromatic nitrogens is 3. The van der Waals surface area contributed by atoms with Crippen LogP contribution in [0, 0.1) is 0 Å². The van der Waals surface area contributed by atoms with Crippen molar-refractivity contribution in [1.29, 1.82) is 0 Å². The molecule has 0 saturated heterocycles. The van der Waals surface area contributed by atoms with Gasteiger partial charge in [-0.2, -0.15) is 0 Å². The number of anilines is 1. The second-order valence-corrected chi connectivity index (χ2v) is 6.15. The van der Waals surface area contributed by atoms with Gasteiger partial charge in [0.2, 0.25) is 0 Å². The normalized spacial score (nSPS) is 13.2. The van der Waals surface area contributed by atoms with Gasteiger partial charge in [0, 0.05) is 5.69 Å². The topological polar surface area (TPSA) is 42.7 Å². The second kappa shape index (κ2) is 7.23. The Labute approximate surface area is 152 Å². The first-order valence-corrected chi connectivity index (χ1v) is 8.66. The van der Waals surface area contributed by atoms with Crippen molar-refractivity contribution in [1.82, 2.24) is 15.0 Å². The lowest BCUT2D eigenvalue weighted by Crippen LogP contribution is -2.23. The predicted octanol–water partition coefficient (Wildman–Crippen LogP) is 5.01. The van der Waals surface area contributed by atoms with Crippen molar-refractivity contribution in [2.75, 3.05) is 5.32 Å². The van der Waals surface area contributed by atoms with E-state index in [0.717, 1.165) is 16.7 Å². The van der Waals surface area contributed by atoms with Crippen LogP contribution in [0.4, 0.5) is 5.69 Å². The number of nitrogens with one attached hydrogen (secondary N) is 1. The van der Waals surface area contributed by atoms with E-state index in [9.17, 15) is 0 Å². The number of benzene rings is 3. The van der Waals surface area contributed by atoms with Crippen LogP contribution in [0.25, 0.3) is 11.0 Å². The number of fused-ring (bicyclic) bond motifs is 1. The molecule has 0 saturated carbocycles. The van der Waals surface area contributed by atoms with Crippen molar-refractivity contribution in [2.24, 2.45) is 0 Å². The molecule has 1 aromatic heterocycles. The van der Waals surface area contributed by atoms with Crippen LogP contribution in [0.2, 0.25) is 0 Å². The molecule has 128 valence electrons. The summed E-state index contributed by atoms with van der Waals surface area (Å²) in [7, 11) is 0. The maximum absolute atomic E-state index is 4.41. The number of hydrogen-bond donors (Lipinski definition) is 1. The number of hydrogen-bond acceptors (Lipinski definition) is 3. The third-order valence-corrected chi connectivity index (χ3v) is 4.50. The molecule has 0 aliphatic heterocycles. The summed E-state index contributed by atoms with van der Waals surface area (Å²) in [5.41, 5.74) is 4.09. The number of rotatable bonds is 6. The minimum absolute atomic E-state index is 0.0267.